The number of nitrogens with zero attached hydrogens (tertiary/aromatic N) is 1. The second-order valence-corrected chi connectivity index (χ2v) is 5.60. The van der Waals surface area contributed by atoms with Crippen LogP contribution in [0.4, 0.5) is 11.4 Å². The predicted octanol–water partition coefficient (Wildman–Crippen LogP) is 2.63. The van der Waals surface area contributed by atoms with Gasteiger partial charge in [0.25, 0.3) is 11.6 Å². The van der Waals surface area contributed by atoms with E-state index in [9.17, 15) is 19.7 Å². The molecule has 136 valence electrons. The van der Waals surface area contributed by atoms with Gasteiger partial charge >= 0.3 is 5.97 Å². The number of non-ortho nitro benzene ring substituents is 1. The maximum Gasteiger partial charge on any atom is 0.338 e. The van der Waals surface area contributed by atoms with Crippen LogP contribution in [0.1, 0.15) is 10.4 Å². The van der Waals surface area contributed by atoms with E-state index in [0.29, 0.717) is 29.4 Å². The maximum absolute atomic E-state index is 11.7. The van der Waals surface area contributed by atoms with Crippen LogP contribution in [0.2, 0.25) is 5.02 Å². The van der Waals surface area contributed by atoms with Crippen molar-refractivity contribution in [1.29, 1.82) is 0 Å². The summed E-state index contributed by atoms with van der Waals surface area (Å²) in [6, 6.07) is 12.1. The zero-order chi connectivity index (χ0) is 18.9. The van der Waals surface area contributed by atoms with E-state index in [0.717, 1.165) is 0 Å². The molecule has 0 saturated carbocycles. The lowest BCUT2D eigenvalue weighted by Gasteiger charge is -2.08. The molecular formula is C17H16ClN3O5. The Morgan fingerprint density at radius 1 is 1.04 bits per heavy atom. The number of ether oxygens (including phenoxy) is 1. The molecule has 0 bridgehead atoms. The monoisotopic (exact) mass is 377 g/mol. The summed E-state index contributed by atoms with van der Waals surface area (Å²) in [5, 5.41) is 16.7. The fraction of sp³-hybridized carbons (Fsp3) is 0.176. The number of esters is 1. The summed E-state index contributed by atoms with van der Waals surface area (Å²) in [6.07, 6.45) is 0. The van der Waals surface area contributed by atoms with Crippen molar-refractivity contribution in [2.24, 2.45) is 0 Å². The molecule has 2 rings (SSSR count). The molecule has 2 N–H and O–H groups in total. The first-order valence-electron chi connectivity index (χ1n) is 7.63. The van der Waals surface area contributed by atoms with Gasteiger partial charge < -0.3 is 15.4 Å². The molecule has 0 aliphatic carbocycles. The zero-order valence-electron chi connectivity index (χ0n) is 13.6. The van der Waals surface area contributed by atoms with Crippen molar-refractivity contribution >= 4 is 34.9 Å². The number of carbonyl (C=O) groups is 2. The summed E-state index contributed by atoms with van der Waals surface area (Å²) in [7, 11) is 0. The van der Waals surface area contributed by atoms with Gasteiger partial charge in [0.2, 0.25) is 0 Å². The lowest BCUT2D eigenvalue weighted by atomic mass is 10.2. The van der Waals surface area contributed by atoms with E-state index in [1.54, 1.807) is 24.3 Å². The molecule has 0 heterocycles. The molecule has 2 aromatic carbocycles. The van der Waals surface area contributed by atoms with E-state index >= 15 is 0 Å². The molecule has 0 saturated heterocycles. The number of hydrogen-bond acceptors (Lipinski definition) is 6. The normalized spacial score (nSPS) is 10.0. The third-order valence-corrected chi connectivity index (χ3v) is 3.52. The highest BCUT2D eigenvalue weighted by Crippen LogP contribution is 2.14. The summed E-state index contributed by atoms with van der Waals surface area (Å²) >= 11 is 5.73. The Kier molecular flexibility index (Phi) is 6.92. The van der Waals surface area contributed by atoms with E-state index in [1.165, 1.54) is 24.3 Å². The molecule has 0 aromatic heterocycles. The summed E-state index contributed by atoms with van der Waals surface area (Å²) in [5.74, 6) is -1.04. The molecule has 0 atom stereocenters. The molecule has 0 aliphatic rings. The lowest BCUT2D eigenvalue weighted by Crippen LogP contribution is -2.32. The van der Waals surface area contributed by atoms with E-state index in [1.807, 2.05) is 0 Å². The molecular weight excluding hydrogens is 362 g/mol. The van der Waals surface area contributed by atoms with Crippen LogP contribution >= 0.6 is 11.6 Å². The number of hydrogen-bond donors (Lipinski definition) is 2. The van der Waals surface area contributed by atoms with Crippen LogP contribution in [0.15, 0.2) is 48.5 Å². The highest BCUT2D eigenvalue weighted by Gasteiger charge is 2.09. The van der Waals surface area contributed by atoms with Gasteiger partial charge in [0.15, 0.2) is 6.61 Å². The zero-order valence-corrected chi connectivity index (χ0v) is 14.4. The fourth-order valence-electron chi connectivity index (χ4n) is 1.96. The van der Waals surface area contributed by atoms with Crippen molar-refractivity contribution in [1.82, 2.24) is 5.32 Å². The van der Waals surface area contributed by atoms with Gasteiger partial charge in [-0.2, -0.15) is 0 Å². The number of nitro groups is 1. The molecule has 0 radical (unpaired) electrons. The molecule has 0 unspecified atom stereocenters. The minimum absolute atomic E-state index is 0.00589. The van der Waals surface area contributed by atoms with Gasteiger partial charge in [-0.1, -0.05) is 11.6 Å². The van der Waals surface area contributed by atoms with Crippen LogP contribution in [0.3, 0.4) is 0 Å². The van der Waals surface area contributed by atoms with Crippen LogP contribution in [0.25, 0.3) is 0 Å². The number of nitro benzene ring substituents is 1. The molecule has 0 fully saturated rings. The van der Waals surface area contributed by atoms with E-state index < -0.39 is 16.8 Å². The third kappa shape index (κ3) is 6.06. The molecule has 0 spiro atoms. The quantitative estimate of drug-likeness (QED) is 0.316. The smallest absolute Gasteiger partial charge is 0.338 e. The average Bonchev–Trinajstić information content (AvgIpc) is 2.64. The van der Waals surface area contributed by atoms with Crippen LogP contribution in [-0.4, -0.2) is 36.5 Å². The molecule has 26 heavy (non-hydrogen) atoms. The van der Waals surface area contributed by atoms with E-state index in [2.05, 4.69) is 10.6 Å². The number of amides is 1. The van der Waals surface area contributed by atoms with Crippen molar-refractivity contribution in [3.8, 4) is 0 Å². The second-order valence-electron chi connectivity index (χ2n) is 5.16. The number of benzene rings is 2. The van der Waals surface area contributed by atoms with Gasteiger partial charge in [0.05, 0.1) is 10.5 Å². The Hall–Kier alpha value is -3.13. The first-order valence-corrected chi connectivity index (χ1v) is 8.01. The van der Waals surface area contributed by atoms with Crippen molar-refractivity contribution in [3.63, 3.8) is 0 Å². The van der Waals surface area contributed by atoms with Crippen molar-refractivity contribution in [2.45, 2.75) is 0 Å². The SMILES string of the molecule is O=C(COC(=O)c1ccc(Cl)cc1)NCCNc1ccc([N+](=O)[O-])cc1. The van der Waals surface area contributed by atoms with Crippen LogP contribution in [0, 0.1) is 10.1 Å². The minimum atomic E-state index is -0.610. The number of anilines is 1. The largest absolute Gasteiger partial charge is 0.452 e. The molecule has 1 amide bonds. The topological polar surface area (TPSA) is 111 Å². The molecule has 8 nitrogen and oxygen atoms in total. The van der Waals surface area contributed by atoms with Crippen molar-refractivity contribution in [2.75, 3.05) is 25.0 Å². The van der Waals surface area contributed by atoms with E-state index in [4.69, 9.17) is 16.3 Å². The van der Waals surface area contributed by atoms with Crippen molar-refractivity contribution in [3.05, 3.63) is 69.2 Å². The standard InChI is InChI=1S/C17H16ClN3O5/c18-13-3-1-12(2-4-13)17(23)26-11-16(22)20-10-9-19-14-5-7-15(8-6-14)21(24)25/h1-8,19H,9-11H2,(H,20,22). The van der Waals surface area contributed by atoms with Gasteiger partial charge in [0, 0.05) is 35.9 Å². The Morgan fingerprint density at radius 3 is 2.31 bits per heavy atom. The fourth-order valence-corrected chi connectivity index (χ4v) is 2.09. The van der Waals surface area contributed by atoms with Gasteiger partial charge in [-0.15, -0.1) is 0 Å². The Bertz CT molecular complexity index is 778. The average molecular weight is 378 g/mol. The van der Waals surface area contributed by atoms with Gasteiger partial charge in [-0.25, -0.2) is 4.79 Å². The lowest BCUT2D eigenvalue weighted by molar-refractivity contribution is -0.384. The third-order valence-electron chi connectivity index (χ3n) is 3.27. The highest BCUT2D eigenvalue weighted by atomic mass is 35.5. The first-order chi connectivity index (χ1) is 12.5. The van der Waals surface area contributed by atoms with Crippen LogP contribution < -0.4 is 10.6 Å². The Balaban J connectivity index is 1.65. The van der Waals surface area contributed by atoms with Gasteiger partial charge in [0.1, 0.15) is 0 Å². The predicted molar refractivity (Wildman–Crippen MR) is 96.3 cm³/mol. The summed E-state index contributed by atoms with van der Waals surface area (Å²) < 4.78 is 4.90. The Labute approximate surface area is 154 Å². The summed E-state index contributed by atoms with van der Waals surface area (Å²) in [6.45, 7) is 0.321. The highest BCUT2D eigenvalue weighted by molar-refractivity contribution is 6.30. The van der Waals surface area contributed by atoms with E-state index in [-0.39, 0.29) is 12.3 Å². The van der Waals surface area contributed by atoms with Gasteiger partial charge in [-0.3, -0.25) is 14.9 Å². The van der Waals surface area contributed by atoms with Gasteiger partial charge in [-0.05, 0) is 36.4 Å². The number of rotatable bonds is 8. The number of carbonyl (C=O) groups excluding carboxylic acids is 2. The minimum Gasteiger partial charge on any atom is -0.452 e. The summed E-state index contributed by atoms with van der Waals surface area (Å²) in [5.41, 5.74) is 1.01. The van der Waals surface area contributed by atoms with Crippen molar-refractivity contribution < 1.29 is 19.2 Å². The summed E-state index contributed by atoms with van der Waals surface area (Å²) in [4.78, 5) is 33.5. The van der Waals surface area contributed by atoms with Crippen LogP contribution in [0.5, 0.6) is 0 Å². The maximum atomic E-state index is 11.7. The first kappa shape index (κ1) is 19.2. The number of halogens is 1. The second kappa shape index (κ2) is 9.38. The molecule has 2 aromatic rings. The number of nitrogens with one attached hydrogen (secondary N) is 2. The Morgan fingerprint density at radius 2 is 1.69 bits per heavy atom. The van der Waals surface area contributed by atoms with Crippen LogP contribution in [-0.2, 0) is 9.53 Å². The molecule has 0 aliphatic heterocycles. The molecule has 9 heteroatoms.